The molecule has 0 aromatic heterocycles. The molecule has 10 nitrogen and oxygen atoms in total. The number of nitrogens with zero attached hydrogens (tertiary/aromatic N) is 3. The van der Waals surface area contributed by atoms with Crippen molar-refractivity contribution in [2.45, 2.75) is 97.5 Å². The molecular weight excluding hydrogens is 908 g/mol. The van der Waals surface area contributed by atoms with Gasteiger partial charge in [0.2, 0.25) is 0 Å². The van der Waals surface area contributed by atoms with Crippen molar-refractivity contribution < 1.29 is 30.9 Å². The van der Waals surface area contributed by atoms with Gasteiger partial charge in [-0.05, 0) is 124 Å². The first-order chi connectivity index (χ1) is 31.1. The van der Waals surface area contributed by atoms with Crippen LogP contribution in [0, 0.1) is 0 Å². The van der Waals surface area contributed by atoms with Crippen LogP contribution in [0.25, 0.3) is 5.57 Å². The van der Waals surface area contributed by atoms with Gasteiger partial charge in [0.15, 0.2) is 0 Å². The summed E-state index contributed by atoms with van der Waals surface area (Å²) in [5, 5.41) is 0.402. The summed E-state index contributed by atoms with van der Waals surface area (Å²) in [7, 11) is -7.49. The Morgan fingerprint density at radius 3 is 2.25 bits per heavy atom. The number of morpholine rings is 1. The highest BCUT2D eigenvalue weighted by Crippen LogP contribution is 2.35. The molecule has 0 saturated carbocycles. The largest absolute Gasteiger partial charge is 0.380 e. The first kappa shape index (κ1) is 49.1. The highest BCUT2D eigenvalue weighted by Gasteiger charge is 2.35. The summed E-state index contributed by atoms with van der Waals surface area (Å²) < 4.78 is 78.4. The summed E-state index contributed by atoms with van der Waals surface area (Å²) >= 11 is 7.79. The lowest BCUT2D eigenvalue weighted by Gasteiger charge is -2.37. The maximum atomic E-state index is 14.8. The molecule has 3 aliphatic rings. The van der Waals surface area contributed by atoms with E-state index in [2.05, 4.69) is 36.9 Å². The molecule has 7 rings (SSSR count). The lowest BCUT2D eigenvalue weighted by atomic mass is 9.95. The lowest BCUT2D eigenvalue weighted by Crippen LogP contribution is -2.47. The van der Waals surface area contributed by atoms with Crippen molar-refractivity contribution in [2.24, 2.45) is 0 Å². The van der Waals surface area contributed by atoms with Crippen LogP contribution in [0.15, 0.2) is 117 Å². The van der Waals surface area contributed by atoms with Crippen LogP contribution >= 0.6 is 23.4 Å². The number of ether oxygens (including phenoxy) is 1. The molecule has 2 heterocycles. The molecular formula is C49H60ClF2N5O5S3. The number of nitrogens with one attached hydrogen (secondary N) is 2. The molecule has 2 aliphatic heterocycles. The Kier molecular flexibility index (Phi) is 16.8. The molecule has 0 bridgehead atoms. The Balaban J connectivity index is 1.00. The van der Waals surface area contributed by atoms with Crippen molar-refractivity contribution in [1.29, 1.82) is 0 Å². The van der Waals surface area contributed by atoms with Crippen molar-refractivity contribution in [2.75, 3.05) is 68.3 Å². The molecule has 2 saturated heterocycles. The highest BCUT2D eigenvalue weighted by atomic mass is 35.5. The van der Waals surface area contributed by atoms with Crippen molar-refractivity contribution in [3.63, 3.8) is 0 Å². The Morgan fingerprint density at radius 1 is 0.892 bits per heavy atom. The molecule has 4 aromatic rings. The number of thioether (sulfide) groups is 1. The van der Waals surface area contributed by atoms with Crippen molar-refractivity contribution in [1.82, 2.24) is 14.5 Å². The number of anilines is 2. The standard InChI is InChI=1S/C49H60ClF2N5O5S3/c1-35-31-56(32-36(2)62-35)25-24-41(34-63-43-11-7-5-8-12-43)53-46-23-22-44(30-47(46)64(59)49(3,51)52)65(60,61)54-48(58)38-16-20-42(21-17-38)57-28-26-55(27-29-57)33-39-10-6-4-9-13-45(39)37-14-18-40(50)19-15-37/h5,7-8,11-12,14-23,30,35-36,41,53H,4,6,9-10,13,24-29,31-34H2,1-3H3,(H,54,58)/t35-,36+,41-,64?/m1/s1. The second-order valence-electron chi connectivity index (χ2n) is 17.4. The fourth-order valence-electron chi connectivity index (χ4n) is 8.89. The van der Waals surface area contributed by atoms with Crippen molar-refractivity contribution in [3.05, 3.63) is 119 Å². The maximum absolute atomic E-state index is 14.8. The van der Waals surface area contributed by atoms with Crippen LogP contribution in [0.3, 0.4) is 0 Å². The zero-order chi connectivity index (χ0) is 46.1. The number of piperazine rings is 1. The molecule has 1 unspecified atom stereocenters. The Labute approximate surface area is 395 Å². The number of carbonyl (C=O) groups is 1. The van der Waals surface area contributed by atoms with Gasteiger partial charge in [-0.2, -0.15) is 8.78 Å². The van der Waals surface area contributed by atoms with Crippen LogP contribution in [-0.4, -0.2) is 110 Å². The second kappa shape index (κ2) is 22.3. The third kappa shape index (κ3) is 13.6. The molecule has 0 spiro atoms. The van der Waals surface area contributed by atoms with Gasteiger partial charge in [0, 0.05) is 92.2 Å². The minimum Gasteiger partial charge on any atom is -0.380 e. The summed E-state index contributed by atoms with van der Waals surface area (Å²) in [4.78, 5) is 20.7. The van der Waals surface area contributed by atoms with Gasteiger partial charge < -0.3 is 15.0 Å². The number of sulfonamides is 1. The minimum atomic E-state index is -4.57. The van der Waals surface area contributed by atoms with Crippen LogP contribution < -0.4 is 14.9 Å². The van der Waals surface area contributed by atoms with Crippen LogP contribution in [0.5, 0.6) is 0 Å². The molecule has 2 fully saturated rings. The first-order valence-electron chi connectivity index (χ1n) is 22.5. The van der Waals surface area contributed by atoms with Crippen LogP contribution in [0.1, 0.15) is 75.2 Å². The normalized spacial score (nSPS) is 20.2. The number of carbonyl (C=O) groups excluding carboxylic acids is 1. The summed E-state index contributed by atoms with van der Waals surface area (Å²) in [5.41, 5.74) is 5.39. The van der Waals surface area contributed by atoms with E-state index in [0.717, 1.165) is 80.3 Å². The van der Waals surface area contributed by atoms with Gasteiger partial charge in [0.1, 0.15) is 10.8 Å². The predicted octanol–water partition coefficient (Wildman–Crippen LogP) is 9.79. The molecule has 65 heavy (non-hydrogen) atoms. The highest BCUT2D eigenvalue weighted by molar-refractivity contribution is 7.99. The van der Waals surface area contributed by atoms with E-state index in [4.69, 9.17) is 16.3 Å². The second-order valence-corrected chi connectivity index (χ2v) is 22.3. The quantitative estimate of drug-likeness (QED) is 0.0993. The first-order valence-corrected chi connectivity index (χ1v) is 26.5. The van der Waals surface area contributed by atoms with Crippen LogP contribution in [0.4, 0.5) is 20.2 Å². The van der Waals surface area contributed by atoms with Crippen molar-refractivity contribution >= 4 is 67.0 Å². The summed E-state index contributed by atoms with van der Waals surface area (Å²) in [6, 6.07) is 28.1. The van der Waals surface area contributed by atoms with Crippen LogP contribution in [0.2, 0.25) is 5.02 Å². The van der Waals surface area contributed by atoms with E-state index in [0.29, 0.717) is 25.6 Å². The number of hydrogen-bond acceptors (Lipinski definition) is 10. The maximum Gasteiger partial charge on any atom is 0.322 e. The van der Waals surface area contributed by atoms with Gasteiger partial charge in [0.25, 0.3) is 15.9 Å². The average molecular weight is 969 g/mol. The van der Waals surface area contributed by atoms with Crippen LogP contribution in [-0.2, 0) is 25.6 Å². The number of benzene rings is 4. The average Bonchev–Trinajstić information content (AvgIpc) is 3.52. The van der Waals surface area contributed by atoms with Gasteiger partial charge in [-0.25, -0.2) is 17.3 Å². The molecule has 1 amide bonds. The predicted molar refractivity (Wildman–Crippen MR) is 260 cm³/mol. The SMILES string of the molecule is C[C@@H]1CN(CC[C@H](CSc2ccccc2)Nc2ccc(S(=O)(=O)NC(=O)c3ccc(N4CCN(CC5=C(c6ccc(Cl)cc6)CCCCC5)CC4)cc3)cc2S(=O)C(C)(F)F)C[C@H](C)O1. The topological polar surface area (TPSA) is 111 Å². The molecule has 4 aromatic carbocycles. The Morgan fingerprint density at radius 2 is 1.57 bits per heavy atom. The van der Waals surface area contributed by atoms with E-state index in [-0.39, 0.29) is 34.4 Å². The molecule has 0 radical (unpaired) electrons. The lowest BCUT2D eigenvalue weighted by molar-refractivity contribution is -0.0682. The molecule has 16 heteroatoms. The van der Waals surface area contributed by atoms with E-state index in [1.807, 2.05) is 56.3 Å². The number of allylic oxidation sites excluding steroid dienone is 1. The van der Waals surface area contributed by atoms with E-state index in [1.54, 1.807) is 36.0 Å². The number of alkyl halides is 2. The minimum absolute atomic E-state index is 0.0708. The van der Waals surface area contributed by atoms with Gasteiger partial charge >= 0.3 is 5.25 Å². The zero-order valence-electron chi connectivity index (χ0n) is 37.3. The van der Waals surface area contributed by atoms with E-state index in [1.165, 1.54) is 48.1 Å². The van der Waals surface area contributed by atoms with Gasteiger partial charge in [-0.3, -0.25) is 14.6 Å². The zero-order valence-corrected chi connectivity index (χ0v) is 40.5. The summed E-state index contributed by atoms with van der Waals surface area (Å²) in [6.45, 7) is 11.1. The van der Waals surface area contributed by atoms with Gasteiger partial charge in [-0.1, -0.05) is 53.9 Å². The fourth-order valence-corrected chi connectivity index (χ4v) is 12.0. The fraction of sp³-hybridized carbons (Fsp3) is 0.449. The Hall–Kier alpha value is -3.83. The summed E-state index contributed by atoms with van der Waals surface area (Å²) in [5.74, 6) is -0.311. The number of hydrogen-bond donors (Lipinski definition) is 2. The number of halogens is 3. The molecule has 4 atom stereocenters. The monoisotopic (exact) mass is 967 g/mol. The van der Waals surface area contributed by atoms with Crippen molar-refractivity contribution in [3.8, 4) is 0 Å². The van der Waals surface area contributed by atoms with E-state index in [9.17, 15) is 26.2 Å². The van der Waals surface area contributed by atoms with Gasteiger partial charge in [0.05, 0.1) is 27.7 Å². The van der Waals surface area contributed by atoms with Gasteiger partial charge in [-0.15, -0.1) is 11.8 Å². The summed E-state index contributed by atoms with van der Waals surface area (Å²) in [6.07, 6.45) is 6.56. The third-order valence-electron chi connectivity index (χ3n) is 12.2. The molecule has 1 aliphatic carbocycles. The smallest absolute Gasteiger partial charge is 0.322 e. The molecule has 2 N–H and O–H groups in total. The molecule has 350 valence electrons. The van der Waals surface area contributed by atoms with E-state index < -0.39 is 36.9 Å². The van der Waals surface area contributed by atoms with E-state index >= 15 is 0 Å². The third-order valence-corrected chi connectivity index (χ3v) is 16.3. The number of amides is 1. The number of rotatable bonds is 17. The Bertz CT molecular complexity index is 2390.